The Labute approximate surface area is 346 Å². The molecule has 2 aromatic heterocycles. The number of rotatable bonds is 13. The first-order valence-electron chi connectivity index (χ1n) is 20.6. The van der Waals surface area contributed by atoms with Crippen molar-refractivity contribution >= 4 is 29.1 Å². The molecule has 0 spiro atoms. The van der Waals surface area contributed by atoms with Gasteiger partial charge in [0.05, 0.1) is 43.5 Å². The molecule has 2 aliphatic carbocycles. The van der Waals surface area contributed by atoms with Crippen molar-refractivity contribution in [3.63, 3.8) is 0 Å². The molecule has 7 atom stereocenters. The van der Waals surface area contributed by atoms with Crippen LogP contribution in [0.3, 0.4) is 0 Å². The van der Waals surface area contributed by atoms with Gasteiger partial charge >= 0.3 is 12.1 Å². The van der Waals surface area contributed by atoms with E-state index in [-0.39, 0.29) is 48.6 Å². The molecular weight excluding hydrogens is 774 g/mol. The quantitative estimate of drug-likeness (QED) is 0.130. The van der Waals surface area contributed by atoms with Gasteiger partial charge in [-0.15, -0.1) is 0 Å². The number of methoxy groups -OCH3 is 2. The van der Waals surface area contributed by atoms with Crippen molar-refractivity contribution in [3.05, 3.63) is 102 Å². The molecule has 2 unspecified atom stereocenters. The van der Waals surface area contributed by atoms with E-state index in [9.17, 15) is 27.6 Å². The molecule has 314 valence electrons. The number of fused-ring (bicyclic) bond motifs is 2. The number of aromatic nitrogens is 3. The number of H-pyrrole nitrogens is 1. The Morgan fingerprint density at radius 3 is 2.27 bits per heavy atom. The maximum Gasteiger partial charge on any atom is 0.433 e. The van der Waals surface area contributed by atoms with Crippen LogP contribution in [-0.2, 0) is 36.6 Å². The van der Waals surface area contributed by atoms with Gasteiger partial charge in [-0.1, -0.05) is 54.6 Å². The molecule has 2 N–H and O–H groups in total. The molecule has 2 bridgehead atoms. The van der Waals surface area contributed by atoms with Crippen LogP contribution < -0.4 is 5.32 Å². The van der Waals surface area contributed by atoms with Crippen LogP contribution in [0.2, 0.25) is 0 Å². The summed E-state index contributed by atoms with van der Waals surface area (Å²) in [6.45, 7) is 2.49. The van der Waals surface area contributed by atoms with Crippen LogP contribution >= 0.6 is 0 Å². The van der Waals surface area contributed by atoms with Gasteiger partial charge in [-0.3, -0.25) is 24.4 Å². The zero-order chi connectivity index (χ0) is 42.1. The van der Waals surface area contributed by atoms with Crippen LogP contribution in [-0.4, -0.2) is 70.2 Å². The van der Waals surface area contributed by atoms with Crippen molar-refractivity contribution < 1.29 is 37.0 Å². The number of nitrogens with one attached hydrogen (secondary N) is 2. The number of pyridine rings is 1. The van der Waals surface area contributed by atoms with Gasteiger partial charge in [-0.2, -0.15) is 13.2 Å². The summed E-state index contributed by atoms with van der Waals surface area (Å²) in [5.41, 5.74) is 6.72. The lowest BCUT2D eigenvalue weighted by atomic mass is 9.75. The summed E-state index contributed by atoms with van der Waals surface area (Å²) in [4.78, 5) is 57.7. The van der Waals surface area contributed by atoms with Gasteiger partial charge in [0, 0.05) is 56.6 Å². The zero-order valence-corrected chi connectivity index (χ0v) is 33.9. The maximum absolute atomic E-state index is 13.7. The first kappa shape index (κ1) is 41.1. The summed E-state index contributed by atoms with van der Waals surface area (Å²) in [7, 11) is 2.85. The molecule has 14 heteroatoms. The standard InChI is InChI=1S/C46H49F3N6O5/c1-26(59-2)35(21-40(56)60-3)45(58)55-18-4-5-38(55)43-52-25-37(54-43)31-13-11-29(12-14-31)28-7-9-30(10-8-28)34-20-36(50-24-34)41-32-15-16-33(19-32)42(41)44(57)53-23-27-6-17-39(51-22-27)46(47,48)49/h6-14,17,22,24-26,32-33,35,38,41-42H,4-5,15-16,18-21,23H2,1-3H3,(H,52,54)(H,53,57)/t26-,32?,33?,35+,38+,41-,42+/m1/s1. The van der Waals surface area contributed by atoms with Gasteiger partial charge in [0.25, 0.3) is 0 Å². The number of hydrogen-bond acceptors (Lipinski definition) is 8. The lowest BCUT2D eigenvalue weighted by Gasteiger charge is -2.30. The lowest BCUT2D eigenvalue weighted by Crippen LogP contribution is -2.41. The van der Waals surface area contributed by atoms with Crippen molar-refractivity contribution in [2.24, 2.45) is 34.6 Å². The number of benzene rings is 2. The van der Waals surface area contributed by atoms with Crippen molar-refractivity contribution in [1.82, 2.24) is 25.2 Å². The average Bonchev–Trinajstić information content (AvgIpc) is 4.13. The average molecular weight is 823 g/mol. The Hall–Kier alpha value is -5.63. The highest BCUT2D eigenvalue weighted by molar-refractivity contribution is 6.02. The molecule has 2 aliphatic heterocycles. The van der Waals surface area contributed by atoms with E-state index in [0.29, 0.717) is 30.3 Å². The normalized spacial score (nSPS) is 23.3. The second kappa shape index (κ2) is 17.2. The molecule has 1 saturated heterocycles. The fourth-order valence-corrected chi connectivity index (χ4v) is 9.76. The van der Waals surface area contributed by atoms with Gasteiger partial charge in [-0.05, 0) is 90.3 Å². The number of ether oxygens (including phenoxy) is 2. The van der Waals surface area contributed by atoms with Crippen LogP contribution in [0.4, 0.5) is 13.2 Å². The largest absolute Gasteiger partial charge is 0.469 e. The number of amides is 2. The first-order chi connectivity index (χ1) is 28.9. The molecule has 2 aromatic carbocycles. The van der Waals surface area contributed by atoms with E-state index in [4.69, 9.17) is 14.5 Å². The number of likely N-dealkylation sites (tertiary alicyclic amines) is 1. The van der Waals surface area contributed by atoms with Crippen LogP contribution in [0.15, 0.2) is 84.2 Å². The second-order valence-electron chi connectivity index (χ2n) is 16.5. The minimum atomic E-state index is -4.51. The number of alkyl halides is 3. The summed E-state index contributed by atoms with van der Waals surface area (Å²) in [5.74, 6) is -0.108. The summed E-state index contributed by atoms with van der Waals surface area (Å²) in [6.07, 6.45) is 5.20. The molecule has 0 radical (unpaired) electrons. The fraction of sp³-hybridized carbons (Fsp3) is 0.435. The van der Waals surface area contributed by atoms with Gasteiger partial charge in [-0.25, -0.2) is 4.98 Å². The molecule has 2 amide bonds. The third kappa shape index (κ3) is 8.39. The number of carbonyl (C=O) groups is 3. The number of halogens is 3. The minimum Gasteiger partial charge on any atom is -0.469 e. The molecule has 11 nitrogen and oxygen atoms in total. The minimum absolute atomic E-state index is 0.0432. The van der Waals surface area contributed by atoms with E-state index in [1.54, 1.807) is 18.0 Å². The Bertz CT molecular complexity index is 2270. The Kier molecular flexibility index (Phi) is 11.8. The van der Waals surface area contributed by atoms with E-state index in [1.165, 1.54) is 26.5 Å². The third-order valence-corrected chi connectivity index (χ3v) is 13.0. The number of nitrogens with zero attached hydrogens (tertiary/aromatic N) is 4. The van der Waals surface area contributed by atoms with Crippen molar-refractivity contribution in [1.29, 1.82) is 0 Å². The van der Waals surface area contributed by atoms with Gasteiger partial charge in [0.15, 0.2) is 0 Å². The van der Waals surface area contributed by atoms with Crippen molar-refractivity contribution in [2.45, 2.75) is 76.7 Å². The number of aliphatic imine (C=N–C) groups is 1. The lowest BCUT2D eigenvalue weighted by molar-refractivity contribution is -0.151. The van der Waals surface area contributed by atoms with Gasteiger partial charge < -0.3 is 24.7 Å². The number of allylic oxidation sites excluding steroid dienone is 1. The Morgan fingerprint density at radius 2 is 1.60 bits per heavy atom. The highest BCUT2D eigenvalue weighted by Crippen LogP contribution is 2.54. The van der Waals surface area contributed by atoms with E-state index in [2.05, 4.69) is 56.7 Å². The molecule has 60 heavy (non-hydrogen) atoms. The summed E-state index contributed by atoms with van der Waals surface area (Å²) >= 11 is 0. The summed E-state index contributed by atoms with van der Waals surface area (Å²) in [6, 6.07) is 18.7. The fourth-order valence-electron chi connectivity index (χ4n) is 9.76. The Morgan fingerprint density at radius 1 is 0.900 bits per heavy atom. The SMILES string of the molecule is COC(=O)C[C@H](C(=O)N1CCC[C@H]1c1ncc(-c2ccc(-c3ccc(C4=CN=C([C@H]5C6CCC(C6)[C@@H]5C(=O)NCc5ccc(C(F)(F)F)nc5)C4)cc3)cc2)[nH]1)[C@@H](C)OC. The van der Waals surface area contributed by atoms with Crippen LogP contribution in [0.1, 0.15) is 80.6 Å². The number of carbonyl (C=O) groups excluding carboxylic acids is 3. The van der Waals surface area contributed by atoms with E-state index >= 15 is 0 Å². The van der Waals surface area contributed by atoms with E-state index in [1.807, 2.05) is 18.3 Å². The second-order valence-corrected chi connectivity index (χ2v) is 16.5. The highest BCUT2D eigenvalue weighted by Gasteiger charge is 2.52. The Balaban J connectivity index is 0.877. The molecule has 3 fully saturated rings. The van der Waals surface area contributed by atoms with Crippen LogP contribution in [0.25, 0.3) is 28.0 Å². The molecule has 2 saturated carbocycles. The van der Waals surface area contributed by atoms with Gasteiger partial charge in [0.2, 0.25) is 11.8 Å². The van der Waals surface area contributed by atoms with Gasteiger partial charge in [0.1, 0.15) is 11.5 Å². The molecule has 8 rings (SSSR count). The highest BCUT2D eigenvalue weighted by atomic mass is 19.4. The number of imidazole rings is 1. The summed E-state index contributed by atoms with van der Waals surface area (Å²) < 4.78 is 49.2. The van der Waals surface area contributed by atoms with Crippen molar-refractivity contribution in [3.8, 4) is 22.4 Å². The molecular formula is C46H49F3N6O5. The zero-order valence-electron chi connectivity index (χ0n) is 33.9. The number of hydrogen-bond donors (Lipinski definition) is 2. The number of esters is 1. The first-order valence-corrected chi connectivity index (χ1v) is 20.6. The predicted octanol–water partition coefficient (Wildman–Crippen LogP) is 8.20. The monoisotopic (exact) mass is 822 g/mol. The maximum atomic E-state index is 13.7. The number of aromatic amines is 1. The molecule has 4 heterocycles. The van der Waals surface area contributed by atoms with Crippen LogP contribution in [0, 0.1) is 29.6 Å². The summed E-state index contributed by atoms with van der Waals surface area (Å²) in [5, 5.41) is 2.98. The molecule has 4 aliphatic rings. The third-order valence-electron chi connectivity index (χ3n) is 13.0. The predicted molar refractivity (Wildman–Crippen MR) is 219 cm³/mol. The van der Waals surface area contributed by atoms with Crippen molar-refractivity contribution in [2.75, 3.05) is 20.8 Å². The van der Waals surface area contributed by atoms with Crippen LogP contribution in [0.5, 0.6) is 0 Å². The topological polar surface area (TPSA) is 139 Å². The van der Waals surface area contributed by atoms with E-state index < -0.39 is 29.9 Å². The molecule has 4 aromatic rings. The smallest absolute Gasteiger partial charge is 0.433 e. The van der Waals surface area contributed by atoms with E-state index in [0.717, 1.165) is 77.4 Å².